The van der Waals surface area contributed by atoms with Gasteiger partial charge in [0, 0.05) is 17.2 Å². The second-order valence-corrected chi connectivity index (χ2v) is 4.02. The van der Waals surface area contributed by atoms with Crippen LogP contribution in [0.25, 0.3) is 10.9 Å². The van der Waals surface area contributed by atoms with Gasteiger partial charge in [0.2, 0.25) is 0 Å². The maximum absolute atomic E-state index is 10.6. The quantitative estimate of drug-likeness (QED) is 0.418. The monoisotopic (exact) mass is 271 g/mol. The summed E-state index contributed by atoms with van der Waals surface area (Å²) in [6, 6.07) is 5.40. The maximum Gasteiger partial charge on any atom is 0.141 e. The number of nitrogens with one attached hydrogen (secondary N) is 1. The molecule has 1 N–H and O–H groups in total. The molecule has 0 saturated carbocycles. The first kappa shape index (κ1) is 13.5. The predicted octanol–water partition coefficient (Wildman–Crippen LogP) is -1.27. The summed E-state index contributed by atoms with van der Waals surface area (Å²) in [6.45, 7) is 1.90. The van der Waals surface area contributed by atoms with Crippen LogP contribution in [0.5, 0.6) is 0 Å². The van der Waals surface area contributed by atoms with E-state index in [1.165, 1.54) is 6.33 Å². The molecule has 0 aliphatic rings. The zero-order valence-electron chi connectivity index (χ0n) is 10.4. The van der Waals surface area contributed by atoms with Gasteiger partial charge < -0.3 is 25.1 Å². The van der Waals surface area contributed by atoms with Crippen LogP contribution >= 0.6 is 0 Å². The van der Waals surface area contributed by atoms with Gasteiger partial charge in [-0.15, -0.1) is 0 Å². The molecule has 0 radical (unpaired) electrons. The summed E-state index contributed by atoms with van der Waals surface area (Å²) in [5, 5.41) is 24.3. The van der Waals surface area contributed by atoms with E-state index >= 15 is 0 Å². The normalized spacial score (nSPS) is 10.1. The van der Waals surface area contributed by atoms with Gasteiger partial charge in [-0.3, -0.25) is 0 Å². The molecule has 0 unspecified atom stereocenters. The van der Waals surface area contributed by atoms with Crippen LogP contribution in [0.4, 0.5) is 5.82 Å². The number of hydrogen-bond donors (Lipinski definition) is 1. The van der Waals surface area contributed by atoms with Crippen molar-refractivity contribution >= 4 is 28.7 Å². The number of carboxylic acids is 2. The SMILES string of the molecule is Cc1ccc2c(NC=C(C(=O)[O-])C(=O)[O-])ncnc2c1. The van der Waals surface area contributed by atoms with Crippen molar-refractivity contribution in [2.75, 3.05) is 5.32 Å². The Morgan fingerprint density at radius 2 is 1.90 bits per heavy atom. The van der Waals surface area contributed by atoms with Crippen molar-refractivity contribution in [3.63, 3.8) is 0 Å². The molecule has 2 rings (SSSR count). The van der Waals surface area contributed by atoms with E-state index in [1.807, 2.05) is 19.1 Å². The highest BCUT2D eigenvalue weighted by atomic mass is 16.4. The minimum atomic E-state index is -1.84. The van der Waals surface area contributed by atoms with E-state index in [2.05, 4.69) is 15.3 Å². The number of carboxylic acid groups (broad SMARTS) is 2. The van der Waals surface area contributed by atoms with Crippen molar-refractivity contribution in [2.24, 2.45) is 0 Å². The number of rotatable bonds is 4. The number of fused-ring (bicyclic) bond motifs is 1. The Morgan fingerprint density at radius 1 is 1.20 bits per heavy atom. The fraction of sp³-hybridized carbons (Fsp3) is 0.0769. The average Bonchev–Trinajstić information content (AvgIpc) is 2.37. The lowest BCUT2D eigenvalue weighted by Crippen LogP contribution is -2.36. The third kappa shape index (κ3) is 2.72. The first-order valence-electron chi connectivity index (χ1n) is 5.60. The van der Waals surface area contributed by atoms with Gasteiger partial charge in [0.05, 0.1) is 17.5 Å². The third-order valence-corrected chi connectivity index (χ3v) is 2.59. The molecule has 0 spiro atoms. The minimum Gasteiger partial charge on any atom is -0.545 e. The van der Waals surface area contributed by atoms with Gasteiger partial charge >= 0.3 is 0 Å². The molecule has 7 heteroatoms. The molecule has 0 aliphatic heterocycles. The molecule has 7 nitrogen and oxygen atoms in total. The summed E-state index contributed by atoms with van der Waals surface area (Å²) >= 11 is 0. The number of anilines is 1. The highest BCUT2D eigenvalue weighted by Gasteiger charge is 2.04. The Kier molecular flexibility index (Phi) is 3.60. The molecule has 0 amide bonds. The number of carbonyl (C=O) groups excluding carboxylic acids is 2. The summed E-state index contributed by atoms with van der Waals surface area (Å²) in [7, 11) is 0. The van der Waals surface area contributed by atoms with Gasteiger partial charge in [-0.1, -0.05) is 6.07 Å². The molecular formula is C13H9N3O4-2. The van der Waals surface area contributed by atoms with Crippen molar-refractivity contribution in [2.45, 2.75) is 6.92 Å². The van der Waals surface area contributed by atoms with Crippen LogP contribution in [0.3, 0.4) is 0 Å². The topological polar surface area (TPSA) is 118 Å². The molecular weight excluding hydrogens is 262 g/mol. The summed E-state index contributed by atoms with van der Waals surface area (Å²) in [5.41, 5.74) is 0.658. The fourth-order valence-electron chi connectivity index (χ4n) is 1.62. The van der Waals surface area contributed by atoms with Crippen molar-refractivity contribution < 1.29 is 19.8 Å². The number of benzene rings is 1. The second kappa shape index (κ2) is 5.35. The lowest BCUT2D eigenvalue weighted by molar-refractivity contribution is -0.312. The maximum atomic E-state index is 10.6. The van der Waals surface area contributed by atoms with Crippen molar-refractivity contribution in [1.29, 1.82) is 0 Å². The van der Waals surface area contributed by atoms with Gasteiger partial charge in [0.15, 0.2) is 0 Å². The molecule has 0 fully saturated rings. The van der Waals surface area contributed by atoms with Crippen LogP contribution in [-0.4, -0.2) is 21.9 Å². The van der Waals surface area contributed by atoms with Crippen LogP contribution in [0.1, 0.15) is 5.56 Å². The Hall–Kier alpha value is -2.96. The van der Waals surface area contributed by atoms with E-state index < -0.39 is 17.5 Å². The molecule has 2 aromatic rings. The molecule has 0 aliphatic carbocycles. The smallest absolute Gasteiger partial charge is 0.141 e. The van der Waals surface area contributed by atoms with Crippen molar-refractivity contribution in [1.82, 2.24) is 9.97 Å². The molecule has 1 aromatic carbocycles. The zero-order valence-corrected chi connectivity index (χ0v) is 10.4. The van der Waals surface area contributed by atoms with Crippen LogP contribution in [0.2, 0.25) is 0 Å². The largest absolute Gasteiger partial charge is 0.545 e. The highest BCUT2D eigenvalue weighted by molar-refractivity contribution is 6.11. The highest BCUT2D eigenvalue weighted by Crippen LogP contribution is 2.20. The number of aromatic nitrogens is 2. The zero-order chi connectivity index (χ0) is 14.7. The van der Waals surface area contributed by atoms with Gasteiger partial charge in [-0.2, -0.15) is 0 Å². The van der Waals surface area contributed by atoms with E-state index in [-0.39, 0.29) is 5.82 Å². The predicted molar refractivity (Wildman–Crippen MR) is 66.0 cm³/mol. The molecule has 20 heavy (non-hydrogen) atoms. The Morgan fingerprint density at radius 3 is 2.55 bits per heavy atom. The number of aryl methyl sites for hydroxylation is 1. The summed E-state index contributed by atoms with van der Waals surface area (Å²) in [4.78, 5) is 29.2. The van der Waals surface area contributed by atoms with Crippen LogP contribution in [0, 0.1) is 6.92 Å². The lowest BCUT2D eigenvalue weighted by atomic mass is 10.1. The molecule has 0 saturated heterocycles. The standard InChI is InChI=1S/C13H11N3O4/c1-7-2-3-8-10(4-7)15-6-16-11(8)14-5-9(12(17)18)13(19)20/h2-6H,1H3,(H,17,18)(H,19,20)(H,14,15,16)/p-2. The van der Waals surface area contributed by atoms with E-state index in [4.69, 9.17) is 0 Å². The Bertz CT molecular complexity index is 709. The van der Waals surface area contributed by atoms with E-state index in [0.717, 1.165) is 11.8 Å². The Balaban J connectivity index is 2.42. The van der Waals surface area contributed by atoms with Gasteiger partial charge in [-0.25, -0.2) is 9.97 Å². The summed E-state index contributed by atoms with van der Waals surface area (Å²) in [5.74, 6) is -3.39. The van der Waals surface area contributed by atoms with Gasteiger partial charge in [0.1, 0.15) is 12.1 Å². The number of nitrogens with zero attached hydrogens (tertiary/aromatic N) is 2. The second-order valence-electron chi connectivity index (χ2n) is 4.02. The van der Waals surface area contributed by atoms with Crippen LogP contribution in [0.15, 0.2) is 36.3 Å². The van der Waals surface area contributed by atoms with Crippen LogP contribution in [-0.2, 0) is 9.59 Å². The van der Waals surface area contributed by atoms with Gasteiger partial charge in [-0.05, 0) is 24.6 Å². The number of carbonyl (C=O) groups is 2. The number of hydrogen-bond acceptors (Lipinski definition) is 7. The lowest BCUT2D eigenvalue weighted by Gasteiger charge is -2.10. The first-order chi connectivity index (χ1) is 9.49. The van der Waals surface area contributed by atoms with Crippen molar-refractivity contribution in [3.8, 4) is 0 Å². The van der Waals surface area contributed by atoms with Crippen molar-refractivity contribution in [3.05, 3.63) is 41.9 Å². The summed E-state index contributed by atoms with van der Waals surface area (Å²) < 4.78 is 0. The van der Waals surface area contributed by atoms with E-state index in [0.29, 0.717) is 10.9 Å². The molecule has 0 atom stereocenters. The van der Waals surface area contributed by atoms with E-state index in [1.54, 1.807) is 6.07 Å². The first-order valence-corrected chi connectivity index (χ1v) is 5.60. The number of aliphatic carboxylic acids is 2. The molecule has 1 aromatic heterocycles. The van der Waals surface area contributed by atoms with E-state index in [9.17, 15) is 19.8 Å². The third-order valence-electron chi connectivity index (χ3n) is 2.59. The summed E-state index contributed by atoms with van der Waals surface area (Å²) in [6.07, 6.45) is 2.06. The Labute approximate surface area is 113 Å². The molecule has 102 valence electrons. The van der Waals surface area contributed by atoms with Crippen LogP contribution < -0.4 is 15.5 Å². The van der Waals surface area contributed by atoms with Gasteiger partial charge in [0.25, 0.3) is 0 Å². The molecule has 0 bridgehead atoms. The minimum absolute atomic E-state index is 0.287. The average molecular weight is 271 g/mol. The fourth-order valence-corrected chi connectivity index (χ4v) is 1.62. The molecule has 1 heterocycles.